The predicted molar refractivity (Wildman–Crippen MR) is 161 cm³/mol. The van der Waals surface area contributed by atoms with Gasteiger partial charge in [-0.05, 0) is 31.6 Å². The summed E-state index contributed by atoms with van der Waals surface area (Å²) in [7, 11) is 1.56. The minimum Gasteiger partial charge on any atom is -0.493 e. The Hall–Kier alpha value is -2.75. The number of fused-ring (bicyclic) bond motifs is 1. The fourth-order valence-corrected chi connectivity index (χ4v) is 3.68. The van der Waals surface area contributed by atoms with Crippen LogP contribution in [0.25, 0.3) is 10.9 Å². The number of aromatic nitrogens is 2. The molecule has 1 heterocycles. The smallest absolute Gasteiger partial charge is 0.163 e. The molecular weight excluding hydrogens is 543 g/mol. The van der Waals surface area contributed by atoms with Gasteiger partial charge in [-0.3, -0.25) is 0 Å². The second kappa shape index (κ2) is 17.0. The summed E-state index contributed by atoms with van der Waals surface area (Å²) in [5.74, 6) is 2.44. The second-order valence-electron chi connectivity index (χ2n) is 7.79. The minimum atomic E-state index is -0.207. The number of benzene rings is 2. The first-order valence-electron chi connectivity index (χ1n) is 11.9. The van der Waals surface area contributed by atoms with Crippen LogP contribution in [0.4, 0.5) is 5.82 Å². The first-order valence-corrected chi connectivity index (χ1v) is 13.3. The molecule has 0 aliphatic heterocycles. The normalized spacial score (nSPS) is 12.4. The van der Waals surface area contributed by atoms with E-state index in [4.69, 9.17) is 43.1 Å². The van der Waals surface area contributed by atoms with E-state index >= 15 is 0 Å². The Morgan fingerprint density at radius 3 is 2.47 bits per heavy atom. The average molecular weight is 578 g/mol. The van der Waals surface area contributed by atoms with E-state index in [-0.39, 0.29) is 6.10 Å². The van der Waals surface area contributed by atoms with Gasteiger partial charge in [0.2, 0.25) is 0 Å². The molecule has 0 fully saturated rings. The van der Waals surface area contributed by atoms with Crippen LogP contribution in [0.5, 0.6) is 11.5 Å². The number of nitrogens with two attached hydrogens (primary N) is 1. The van der Waals surface area contributed by atoms with E-state index in [1.807, 2.05) is 25.1 Å². The van der Waals surface area contributed by atoms with Crippen molar-refractivity contribution in [3.63, 3.8) is 0 Å². The number of hydrogen-bond acceptors (Lipinski definition) is 8. The summed E-state index contributed by atoms with van der Waals surface area (Å²) in [6, 6.07) is 13.7. The molecule has 0 amide bonds. The maximum atomic E-state index is 6.15. The van der Waals surface area contributed by atoms with Crippen LogP contribution in [0.2, 0.25) is 0 Å². The number of halogens is 2. The number of thiol groups is 1. The molecule has 38 heavy (non-hydrogen) atoms. The Labute approximate surface area is 240 Å². The van der Waals surface area contributed by atoms with Gasteiger partial charge in [0.1, 0.15) is 24.9 Å². The number of anilines is 1. The molecule has 0 saturated heterocycles. The Bertz CT molecular complexity index is 1240. The van der Waals surface area contributed by atoms with Crippen molar-refractivity contribution in [3.8, 4) is 11.5 Å². The molecule has 0 aliphatic carbocycles. The lowest BCUT2D eigenvalue weighted by molar-refractivity contribution is 0.0330. The summed E-state index contributed by atoms with van der Waals surface area (Å²) in [5.41, 5.74) is 8.17. The molecule has 1 aromatic heterocycles. The van der Waals surface area contributed by atoms with Gasteiger partial charge >= 0.3 is 0 Å². The fraction of sp³-hybridized carbons (Fsp3) is 0.286. The van der Waals surface area contributed by atoms with Crippen LogP contribution in [0.1, 0.15) is 19.4 Å². The van der Waals surface area contributed by atoms with Crippen LogP contribution in [0, 0.1) is 0 Å². The lowest BCUT2D eigenvalue weighted by Crippen LogP contribution is -2.30. The molecule has 0 saturated carbocycles. The quantitative estimate of drug-likeness (QED) is 0.163. The number of ether oxygens (including phenoxy) is 3. The number of rotatable bonds is 12. The summed E-state index contributed by atoms with van der Waals surface area (Å²) in [4.78, 5) is 8.63. The zero-order valence-electron chi connectivity index (χ0n) is 21.8. The van der Waals surface area contributed by atoms with Gasteiger partial charge in [0.15, 0.2) is 11.5 Å². The maximum Gasteiger partial charge on any atom is 0.163 e. The maximum absolute atomic E-state index is 6.15. The Balaban J connectivity index is 0.000000538. The monoisotopic (exact) mass is 576 g/mol. The van der Waals surface area contributed by atoms with Gasteiger partial charge in [-0.1, -0.05) is 66.2 Å². The molecule has 3 aromatic rings. The van der Waals surface area contributed by atoms with Crippen LogP contribution in [-0.4, -0.2) is 42.9 Å². The van der Waals surface area contributed by atoms with Gasteiger partial charge in [0, 0.05) is 36.1 Å². The van der Waals surface area contributed by atoms with E-state index in [9.17, 15) is 0 Å². The van der Waals surface area contributed by atoms with Crippen molar-refractivity contribution in [2.75, 3.05) is 32.2 Å². The second-order valence-corrected chi connectivity index (χ2v) is 8.92. The number of methoxy groups -OCH3 is 1. The standard InChI is InChI=1S/C21H26Cl2N4O3.C7H8S/c1-5-16(22)17(23)7-13(3)27-21-15-8-19(28-4)20(9-18(15)25-12-26-21)30-11-14(10-24)29-6-2;8-6-7-4-2-1-3-5-7/h5,7-9,12,14H,3,6,10-11,24H2,1-2,4H3,(H,25,26,27);1-5,8H,6H2/b16-5+,17-7+;. The SMILES string of the molecule is C=C(/C=C(Cl)\C(Cl)=C/C)Nc1ncnc2cc(OCC(CN)OCC)c(OC)cc12.SCc1ccccc1. The average Bonchev–Trinajstić information content (AvgIpc) is 2.95. The van der Waals surface area contributed by atoms with E-state index in [0.717, 1.165) is 11.1 Å². The highest BCUT2D eigenvalue weighted by Gasteiger charge is 2.14. The molecule has 7 nitrogen and oxygen atoms in total. The molecule has 3 N–H and O–H groups in total. The van der Waals surface area contributed by atoms with Gasteiger partial charge < -0.3 is 25.3 Å². The van der Waals surface area contributed by atoms with E-state index in [0.29, 0.717) is 58.4 Å². The van der Waals surface area contributed by atoms with Crippen molar-refractivity contribution < 1.29 is 14.2 Å². The topological polar surface area (TPSA) is 91.5 Å². The zero-order chi connectivity index (χ0) is 27.9. The van der Waals surface area contributed by atoms with Crippen LogP contribution in [0.3, 0.4) is 0 Å². The van der Waals surface area contributed by atoms with Crippen molar-refractivity contribution in [3.05, 3.63) is 88.8 Å². The summed E-state index contributed by atoms with van der Waals surface area (Å²) >= 11 is 16.3. The number of nitrogens with zero attached hydrogens (tertiary/aromatic N) is 2. The summed E-state index contributed by atoms with van der Waals surface area (Å²) < 4.78 is 16.9. The zero-order valence-corrected chi connectivity index (χ0v) is 24.2. The minimum absolute atomic E-state index is 0.207. The van der Waals surface area contributed by atoms with E-state index in [1.54, 1.807) is 38.3 Å². The molecule has 0 bridgehead atoms. The molecule has 1 unspecified atom stereocenters. The number of nitrogens with one attached hydrogen (secondary N) is 1. The predicted octanol–water partition coefficient (Wildman–Crippen LogP) is 6.69. The van der Waals surface area contributed by atoms with E-state index in [2.05, 4.69) is 46.6 Å². The molecule has 2 aromatic carbocycles. The Morgan fingerprint density at radius 1 is 1.16 bits per heavy atom. The molecule has 3 rings (SSSR count). The molecule has 0 aliphatic rings. The van der Waals surface area contributed by atoms with Gasteiger partial charge in [0.25, 0.3) is 0 Å². The molecule has 0 radical (unpaired) electrons. The van der Waals surface area contributed by atoms with E-state index < -0.39 is 0 Å². The first-order chi connectivity index (χ1) is 18.4. The first kappa shape index (κ1) is 31.5. The molecule has 204 valence electrons. The van der Waals surface area contributed by atoms with Crippen LogP contribution in [0.15, 0.2) is 83.3 Å². The number of allylic oxidation sites excluding steroid dienone is 4. The third kappa shape index (κ3) is 9.85. The van der Waals surface area contributed by atoms with Gasteiger partial charge in [-0.15, -0.1) is 0 Å². The summed E-state index contributed by atoms with van der Waals surface area (Å²) in [6.07, 6.45) is 4.55. The van der Waals surface area contributed by atoms with Crippen LogP contribution in [-0.2, 0) is 10.5 Å². The highest BCUT2D eigenvalue weighted by Crippen LogP contribution is 2.34. The van der Waals surface area contributed by atoms with Crippen molar-refractivity contribution in [1.82, 2.24) is 9.97 Å². The van der Waals surface area contributed by atoms with E-state index in [1.165, 1.54) is 11.9 Å². The van der Waals surface area contributed by atoms with Crippen molar-refractivity contribution in [2.45, 2.75) is 25.7 Å². The fourth-order valence-electron chi connectivity index (χ4n) is 3.17. The van der Waals surface area contributed by atoms with Crippen LogP contribution >= 0.6 is 35.8 Å². The highest BCUT2D eigenvalue weighted by atomic mass is 35.5. The van der Waals surface area contributed by atoms with Crippen molar-refractivity contribution >= 4 is 52.6 Å². The Kier molecular flexibility index (Phi) is 14.0. The van der Waals surface area contributed by atoms with Crippen LogP contribution < -0.4 is 20.5 Å². The molecule has 1 atom stereocenters. The van der Waals surface area contributed by atoms with Crippen molar-refractivity contribution in [2.24, 2.45) is 5.73 Å². The van der Waals surface area contributed by atoms with Gasteiger partial charge in [0.05, 0.1) is 22.7 Å². The molecular formula is C28H34Cl2N4O3S. The van der Waals surface area contributed by atoms with Crippen molar-refractivity contribution in [1.29, 1.82) is 0 Å². The summed E-state index contributed by atoms with van der Waals surface area (Å²) in [6.45, 7) is 8.87. The largest absolute Gasteiger partial charge is 0.493 e. The Morgan fingerprint density at radius 2 is 1.89 bits per heavy atom. The number of hydrogen-bond donors (Lipinski definition) is 3. The van der Waals surface area contributed by atoms with Gasteiger partial charge in [-0.25, -0.2) is 9.97 Å². The third-order valence-corrected chi connectivity index (χ3v) is 6.29. The lowest BCUT2D eigenvalue weighted by Gasteiger charge is -2.18. The molecule has 0 spiro atoms. The third-order valence-electron chi connectivity index (χ3n) is 5.10. The highest BCUT2D eigenvalue weighted by molar-refractivity contribution is 7.79. The molecule has 10 heteroatoms. The lowest BCUT2D eigenvalue weighted by atomic mass is 10.2. The summed E-state index contributed by atoms with van der Waals surface area (Å²) in [5, 5.41) is 4.64. The van der Waals surface area contributed by atoms with Gasteiger partial charge in [-0.2, -0.15) is 12.6 Å².